The molecule has 3 aromatic heterocycles. The fourth-order valence-electron chi connectivity index (χ4n) is 7.97. The number of piperidine rings is 1. The minimum atomic E-state index is -0.570. The van der Waals surface area contributed by atoms with Crippen molar-refractivity contribution in [2.24, 2.45) is 5.92 Å². The molecule has 1 unspecified atom stereocenters. The molecule has 1 saturated carbocycles. The van der Waals surface area contributed by atoms with Crippen LogP contribution in [0.15, 0.2) is 54.9 Å². The first-order valence-electron chi connectivity index (χ1n) is 20.6. The number of hydrogen-bond donors (Lipinski definition) is 0. The van der Waals surface area contributed by atoms with Gasteiger partial charge in [-0.25, -0.2) is 14.2 Å². The first kappa shape index (κ1) is 39.4. The Bertz CT molecular complexity index is 2170. The predicted molar refractivity (Wildman–Crippen MR) is 218 cm³/mol. The summed E-state index contributed by atoms with van der Waals surface area (Å²) in [7, 11) is 3.31. The molecule has 308 valence electrons. The van der Waals surface area contributed by atoms with E-state index in [9.17, 15) is 4.79 Å². The number of carbonyl (C=O) groups is 1. The van der Waals surface area contributed by atoms with Crippen molar-refractivity contribution in [1.82, 2.24) is 39.9 Å². The van der Waals surface area contributed by atoms with Crippen molar-refractivity contribution in [3.8, 4) is 28.5 Å². The molecule has 15 nitrogen and oxygen atoms in total. The van der Waals surface area contributed by atoms with E-state index in [1.807, 2.05) is 85.2 Å². The highest BCUT2D eigenvalue weighted by Gasteiger charge is 2.35. The molecular formula is C43H55N9O6. The van der Waals surface area contributed by atoms with Gasteiger partial charge in [-0.2, -0.15) is 5.10 Å². The molecule has 5 heterocycles. The van der Waals surface area contributed by atoms with E-state index in [1.54, 1.807) is 18.9 Å². The first-order valence-corrected chi connectivity index (χ1v) is 20.6. The molecule has 15 heteroatoms. The monoisotopic (exact) mass is 793 g/mol. The Kier molecular flexibility index (Phi) is 11.7. The van der Waals surface area contributed by atoms with Crippen LogP contribution >= 0.6 is 0 Å². The summed E-state index contributed by atoms with van der Waals surface area (Å²) in [5.74, 6) is 3.28. The number of nitrogens with zero attached hydrogens (tertiary/aromatic N) is 9. The van der Waals surface area contributed by atoms with Gasteiger partial charge in [-0.3, -0.25) is 0 Å². The maximum absolute atomic E-state index is 13.6. The van der Waals surface area contributed by atoms with Crippen LogP contribution in [-0.4, -0.2) is 98.1 Å². The molecule has 0 radical (unpaired) electrons. The molecule has 2 aromatic carbocycles. The van der Waals surface area contributed by atoms with Gasteiger partial charge in [-0.05, 0) is 95.4 Å². The lowest BCUT2D eigenvalue weighted by molar-refractivity contribution is -0.0366. The van der Waals surface area contributed by atoms with Gasteiger partial charge in [0.05, 0.1) is 44.7 Å². The number of ether oxygens (including phenoxy) is 5. The SMILES string of the molecule is COc1ccc(COc2cc(N3CCC[C@@H](N(CC4CCC4)C(=O)OC(C)(C)C)C3)nnc2Cn2cc(-c3cc(OC)cc4c3cnn4C3CCCCO3)nn2)cc1. The zero-order valence-corrected chi connectivity index (χ0v) is 34.3. The lowest BCUT2D eigenvalue weighted by Gasteiger charge is -2.42. The largest absolute Gasteiger partial charge is 0.497 e. The molecule has 2 aliphatic heterocycles. The zero-order chi connectivity index (χ0) is 40.2. The standard InChI is InChI=1S/C43H55N9O6/c1-43(2,3)58-42(53)51(24-29-10-8-11-29)31-12-9-18-49(25-31)40-22-39(57-28-30-14-16-32(54-4)17-15-30)37(45-47-40)27-50-26-36(46-48-50)34-20-33(55-5)21-38-35(34)23-44-52(38)41-13-6-7-19-56-41/h14-17,20-23,26,29,31,41H,6-13,18-19,24-25,27-28H2,1-5H3/t31-,41?/m1/s1. The third-order valence-electron chi connectivity index (χ3n) is 11.3. The van der Waals surface area contributed by atoms with Crippen molar-refractivity contribution in [3.05, 3.63) is 66.1 Å². The van der Waals surface area contributed by atoms with Crippen LogP contribution in [0.5, 0.6) is 17.2 Å². The normalized spacial score (nSPS) is 18.8. The number of amides is 1. The highest BCUT2D eigenvalue weighted by molar-refractivity contribution is 5.95. The summed E-state index contributed by atoms with van der Waals surface area (Å²) < 4.78 is 33.3. The first-order chi connectivity index (χ1) is 28.1. The zero-order valence-electron chi connectivity index (χ0n) is 34.3. The van der Waals surface area contributed by atoms with E-state index < -0.39 is 5.60 Å². The second-order valence-corrected chi connectivity index (χ2v) is 16.6. The quantitative estimate of drug-likeness (QED) is 0.117. The topological polar surface area (TPSA) is 144 Å². The van der Waals surface area contributed by atoms with Gasteiger partial charge in [0.1, 0.15) is 40.8 Å². The molecule has 0 spiro atoms. The van der Waals surface area contributed by atoms with E-state index >= 15 is 0 Å². The molecule has 2 atom stereocenters. The lowest BCUT2D eigenvalue weighted by atomic mass is 9.84. The third-order valence-corrected chi connectivity index (χ3v) is 11.3. The van der Waals surface area contributed by atoms with E-state index in [-0.39, 0.29) is 24.9 Å². The van der Waals surface area contributed by atoms with E-state index in [2.05, 4.69) is 15.2 Å². The average molecular weight is 794 g/mol. The molecule has 5 aromatic rings. The summed E-state index contributed by atoms with van der Waals surface area (Å²) in [6, 6.07) is 13.7. The van der Waals surface area contributed by atoms with Gasteiger partial charge in [0.2, 0.25) is 0 Å². The fourth-order valence-corrected chi connectivity index (χ4v) is 7.97. The summed E-state index contributed by atoms with van der Waals surface area (Å²) in [4.78, 5) is 17.7. The van der Waals surface area contributed by atoms with Crippen molar-refractivity contribution < 1.29 is 28.5 Å². The van der Waals surface area contributed by atoms with Gasteiger partial charge in [-0.15, -0.1) is 15.3 Å². The number of anilines is 1. The summed E-state index contributed by atoms with van der Waals surface area (Å²) in [6.45, 7) is 9.21. The van der Waals surface area contributed by atoms with Crippen LogP contribution in [0, 0.1) is 5.92 Å². The second-order valence-electron chi connectivity index (χ2n) is 16.6. The van der Waals surface area contributed by atoms with Crippen LogP contribution in [0.25, 0.3) is 22.2 Å². The van der Waals surface area contributed by atoms with Gasteiger partial charge >= 0.3 is 6.09 Å². The maximum Gasteiger partial charge on any atom is 0.410 e. The summed E-state index contributed by atoms with van der Waals surface area (Å²) >= 11 is 0. The van der Waals surface area contributed by atoms with Gasteiger partial charge in [0, 0.05) is 49.3 Å². The number of aromatic nitrogens is 7. The summed E-state index contributed by atoms with van der Waals surface area (Å²) in [6.07, 6.45) is 11.8. The Morgan fingerprint density at radius 3 is 2.48 bits per heavy atom. The van der Waals surface area contributed by atoms with Crippen LogP contribution < -0.4 is 19.1 Å². The van der Waals surface area contributed by atoms with Gasteiger partial charge in [-0.1, -0.05) is 23.8 Å². The van der Waals surface area contributed by atoms with E-state index in [0.717, 1.165) is 85.9 Å². The second kappa shape index (κ2) is 17.2. The number of carbonyl (C=O) groups excluding carboxylic acids is 1. The molecule has 0 N–H and O–H groups in total. The number of hydrogen-bond acceptors (Lipinski definition) is 12. The average Bonchev–Trinajstić information content (AvgIpc) is 3.87. The van der Waals surface area contributed by atoms with E-state index in [1.165, 1.54) is 6.42 Å². The van der Waals surface area contributed by atoms with Crippen LogP contribution in [0.4, 0.5) is 10.6 Å². The minimum Gasteiger partial charge on any atom is -0.497 e. The van der Waals surface area contributed by atoms with Gasteiger partial charge in [0.25, 0.3) is 0 Å². The van der Waals surface area contributed by atoms with Crippen LogP contribution in [0.1, 0.15) is 89.6 Å². The summed E-state index contributed by atoms with van der Waals surface area (Å²) in [5.41, 5.74) is 3.48. The van der Waals surface area contributed by atoms with Gasteiger partial charge in [0.15, 0.2) is 12.0 Å². The molecule has 58 heavy (non-hydrogen) atoms. The molecule has 0 bridgehead atoms. The Morgan fingerprint density at radius 2 is 1.76 bits per heavy atom. The van der Waals surface area contributed by atoms with Crippen molar-refractivity contribution in [2.75, 3.05) is 45.4 Å². The van der Waals surface area contributed by atoms with Crippen LogP contribution in [-0.2, 0) is 22.6 Å². The van der Waals surface area contributed by atoms with Gasteiger partial charge < -0.3 is 33.5 Å². The Morgan fingerprint density at radius 1 is 0.931 bits per heavy atom. The Balaban J connectivity index is 1.06. The lowest BCUT2D eigenvalue weighted by Crippen LogP contribution is -2.53. The van der Waals surface area contributed by atoms with Crippen molar-refractivity contribution in [1.29, 1.82) is 0 Å². The molecule has 3 aliphatic rings. The smallest absolute Gasteiger partial charge is 0.410 e. The number of methoxy groups -OCH3 is 2. The van der Waals surface area contributed by atoms with Crippen LogP contribution in [0.3, 0.4) is 0 Å². The highest BCUT2D eigenvalue weighted by atomic mass is 16.6. The molecule has 1 aliphatic carbocycles. The molecular weight excluding hydrogens is 739 g/mol. The predicted octanol–water partition coefficient (Wildman–Crippen LogP) is 7.43. The van der Waals surface area contributed by atoms with E-state index in [0.29, 0.717) is 54.3 Å². The molecule has 2 saturated heterocycles. The number of benzene rings is 2. The molecule has 8 rings (SSSR count). The highest BCUT2D eigenvalue weighted by Crippen LogP contribution is 2.36. The maximum atomic E-state index is 13.6. The minimum absolute atomic E-state index is 0.00621. The van der Waals surface area contributed by atoms with Crippen molar-refractivity contribution in [2.45, 2.75) is 103 Å². The Hall–Kier alpha value is -5.44. The molecule has 3 fully saturated rings. The van der Waals surface area contributed by atoms with Crippen molar-refractivity contribution >= 4 is 22.8 Å². The summed E-state index contributed by atoms with van der Waals surface area (Å²) in [5, 5.41) is 24.3. The molecule has 1 amide bonds. The van der Waals surface area contributed by atoms with Crippen LogP contribution in [0.2, 0.25) is 0 Å². The van der Waals surface area contributed by atoms with Crippen molar-refractivity contribution in [3.63, 3.8) is 0 Å². The third kappa shape index (κ3) is 8.99. The van der Waals surface area contributed by atoms with E-state index in [4.69, 9.17) is 39.0 Å². The Labute approximate surface area is 339 Å². The number of fused-ring (bicyclic) bond motifs is 1. The number of rotatable bonds is 13. The fraction of sp³-hybridized carbons (Fsp3) is 0.535.